The van der Waals surface area contributed by atoms with Crippen molar-refractivity contribution in [2.24, 2.45) is 0 Å². The van der Waals surface area contributed by atoms with Crippen LogP contribution in [0, 0.1) is 0 Å². The maximum absolute atomic E-state index is 10.8. The van der Waals surface area contributed by atoms with Gasteiger partial charge in [0.05, 0.1) is 31.2 Å². The molecule has 2 nitrogen and oxygen atoms in total. The SMILES string of the molecule is C=CCSS(=O)CC=C.C=CCSS(=O)CC=C.S. The van der Waals surface area contributed by atoms with Crippen molar-refractivity contribution in [2.45, 2.75) is 0 Å². The van der Waals surface area contributed by atoms with E-state index in [0.717, 1.165) is 11.5 Å². The Labute approximate surface area is 136 Å². The maximum atomic E-state index is 10.8. The van der Waals surface area contributed by atoms with Gasteiger partial charge in [0, 0.05) is 11.5 Å². The summed E-state index contributed by atoms with van der Waals surface area (Å²) in [7, 11) is 1.18. The van der Waals surface area contributed by atoms with Crippen LogP contribution in [0.5, 0.6) is 0 Å². The summed E-state index contributed by atoms with van der Waals surface area (Å²) in [6.07, 6.45) is 6.80. The third-order valence-electron chi connectivity index (χ3n) is 1.14. The quantitative estimate of drug-likeness (QED) is 0.441. The third kappa shape index (κ3) is 23.8. The summed E-state index contributed by atoms with van der Waals surface area (Å²) in [6.45, 7) is 14.0. The van der Waals surface area contributed by atoms with Crippen LogP contribution in [0.1, 0.15) is 0 Å². The molecule has 2 atom stereocenters. The van der Waals surface area contributed by atoms with Gasteiger partial charge in [-0.05, 0) is 0 Å². The van der Waals surface area contributed by atoms with E-state index >= 15 is 0 Å². The van der Waals surface area contributed by atoms with Gasteiger partial charge in [0.25, 0.3) is 0 Å². The molecule has 7 heteroatoms. The fourth-order valence-corrected chi connectivity index (χ4v) is 4.25. The van der Waals surface area contributed by atoms with E-state index in [0.29, 0.717) is 11.5 Å². The lowest BCUT2D eigenvalue weighted by molar-refractivity contribution is 0.692. The van der Waals surface area contributed by atoms with Gasteiger partial charge < -0.3 is 0 Å². The molecule has 0 saturated heterocycles. The Morgan fingerprint density at radius 2 is 1.05 bits per heavy atom. The molecule has 0 saturated carbocycles. The molecule has 0 N–H and O–H groups in total. The fraction of sp³-hybridized carbons (Fsp3) is 0.333. The van der Waals surface area contributed by atoms with Crippen molar-refractivity contribution in [3.63, 3.8) is 0 Å². The van der Waals surface area contributed by atoms with Crippen LogP contribution in [0.15, 0.2) is 50.6 Å². The normalized spacial score (nSPS) is 11.8. The summed E-state index contributed by atoms with van der Waals surface area (Å²) < 4.78 is 21.5. The zero-order valence-corrected chi connectivity index (χ0v) is 15.2. The van der Waals surface area contributed by atoms with Crippen molar-refractivity contribution < 1.29 is 8.42 Å². The highest BCUT2D eigenvalue weighted by atomic mass is 33.1. The summed E-state index contributed by atoms with van der Waals surface area (Å²) in [5, 5.41) is 0. The van der Waals surface area contributed by atoms with Gasteiger partial charge in [0.1, 0.15) is 0 Å². The van der Waals surface area contributed by atoms with E-state index in [1.54, 1.807) is 24.3 Å². The zero-order valence-electron chi connectivity index (χ0n) is 10.9. The first-order valence-corrected chi connectivity index (χ1v) is 10.7. The van der Waals surface area contributed by atoms with Crippen LogP contribution < -0.4 is 0 Å². The molecule has 0 aliphatic rings. The predicted octanol–water partition coefficient (Wildman–Crippen LogP) is 3.62. The molecule has 0 aromatic carbocycles. The summed E-state index contributed by atoms with van der Waals surface area (Å²) >= 11 is 0. The first-order chi connectivity index (χ1) is 8.62. The molecule has 112 valence electrons. The average Bonchev–Trinajstić information content (AvgIpc) is 2.35. The molecule has 0 bridgehead atoms. The highest BCUT2D eigenvalue weighted by Gasteiger charge is 1.93. The molecular weight excluding hydrogens is 336 g/mol. The minimum atomic E-state index is -0.793. The average molecular weight is 359 g/mol. The molecule has 2 unspecified atom stereocenters. The van der Waals surface area contributed by atoms with E-state index in [-0.39, 0.29) is 13.5 Å². The van der Waals surface area contributed by atoms with Crippen molar-refractivity contribution in [1.29, 1.82) is 0 Å². The standard InChI is InChI=1S/2C6H10OS2.H2S/c2*1-3-5-8-9(7)6-4-2;/h2*3-4H,1-2,5-6H2;1H2. The lowest BCUT2D eigenvalue weighted by Gasteiger charge is -1.91. The third-order valence-corrected chi connectivity index (χ3v) is 6.64. The smallest absolute Gasteiger partial charge is 0.0845 e. The molecule has 0 aliphatic carbocycles. The fourth-order valence-electron chi connectivity index (χ4n) is 0.537. The molecule has 19 heavy (non-hydrogen) atoms. The van der Waals surface area contributed by atoms with Gasteiger partial charge in [-0.25, -0.2) is 8.42 Å². The minimum Gasteiger partial charge on any atom is -0.248 e. The van der Waals surface area contributed by atoms with E-state index in [1.165, 1.54) is 21.6 Å². The lowest BCUT2D eigenvalue weighted by Crippen LogP contribution is -1.86. The second-order valence-corrected chi connectivity index (χ2v) is 9.33. The Bertz CT molecular complexity index is 272. The number of rotatable bonds is 10. The van der Waals surface area contributed by atoms with E-state index in [9.17, 15) is 8.42 Å². The molecule has 0 rings (SSSR count). The van der Waals surface area contributed by atoms with Gasteiger partial charge in [-0.3, -0.25) is 0 Å². The van der Waals surface area contributed by atoms with Crippen LogP contribution in [-0.4, -0.2) is 31.4 Å². The Balaban J connectivity index is -0.000000256. The highest BCUT2D eigenvalue weighted by molar-refractivity contribution is 8.69. The molecule has 0 fully saturated rings. The molecule has 0 radical (unpaired) electrons. The first kappa shape index (κ1) is 24.3. The topological polar surface area (TPSA) is 34.1 Å². The molecule has 0 aliphatic heterocycles. The number of hydrogen-bond acceptors (Lipinski definition) is 4. The summed E-state index contributed by atoms with van der Waals surface area (Å²) in [6, 6.07) is 0. The Hall–Kier alpha value is 0.310. The second kappa shape index (κ2) is 20.6. The van der Waals surface area contributed by atoms with E-state index < -0.39 is 19.7 Å². The molecule has 0 aromatic rings. The van der Waals surface area contributed by atoms with Gasteiger partial charge in [0.15, 0.2) is 0 Å². The van der Waals surface area contributed by atoms with Crippen molar-refractivity contribution in [2.75, 3.05) is 23.0 Å². The van der Waals surface area contributed by atoms with Crippen molar-refractivity contribution >= 4 is 54.7 Å². The Morgan fingerprint density at radius 3 is 1.26 bits per heavy atom. The summed E-state index contributed by atoms with van der Waals surface area (Å²) in [5.74, 6) is 2.64. The van der Waals surface area contributed by atoms with E-state index in [1.807, 2.05) is 0 Å². The van der Waals surface area contributed by atoms with Crippen molar-refractivity contribution in [3.05, 3.63) is 50.6 Å². The van der Waals surface area contributed by atoms with E-state index in [2.05, 4.69) is 26.3 Å². The Kier molecular flexibility index (Phi) is 26.4. The van der Waals surface area contributed by atoms with Gasteiger partial charge in [-0.2, -0.15) is 13.5 Å². The largest absolute Gasteiger partial charge is 0.248 e. The van der Waals surface area contributed by atoms with Gasteiger partial charge in [-0.15, -0.1) is 26.3 Å². The van der Waals surface area contributed by atoms with Crippen LogP contribution in [0.3, 0.4) is 0 Å². The minimum absolute atomic E-state index is 0. The molecular formula is C12H22O2S5. The van der Waals surface area contributed by atoms with Crippen LogP contribution in [0.25, 0.3) is 0 Å². The van der Waals surface area contributed by atoms with Gasteiger partial charge >= 0.3 is 0 Å². The molecule has 0 aromatic heterocycles. The lowest BCUT2D eigenvalue weighted by atomic mass is 10.8. The van der Waals surface area contributed by atoms with Crippen LogP contribution in [0.4, 0.5) is 0 Å². The predicted molar refractivity (Wildman–Crippen MR) is 102 cm³/mol. The molecule has 0 amide bonds. The van der Waals surface area contributed by atoms with Crippen LogP contribution in [0.2, 0.25) is 0 Å². The van der Waals surface area contributed by atoms with Gasteiger partial charge in [-0.1, -0.05) is 45.9 Å². The van der Waals surface area contributed by atoms with Crippen molar-refractivity contribution in [1.82, 2.24) is 0 Å². The van der Waals surface area contributed by atoms with Crippen LogP contribution >= 0.6 is 35.1 Å². The van der Waals surface area contributed by atoms with E-state index in [4.69, 9.17) is 0 Å². The molecule has 0 spiro atoms. The van der Waals surface area contributed by atoms with Gasteiger partial charge in [0.2, 0.25) is 0 Å². The maximum Gasteiger partial charge on any atom is 0.0845 e. The Morgan fingerprint density at radius 1 is 0.737 bits per heavy atom. The summed E-state index contributed by atoms with van der Waals surface area (Å²) in [5.41, 5.74) is 0. The van der Waals surface area contributed by atoms with Crippen molar-refractivity contribution in [3.8, 4) is 0 Å². The first-order valence-electron chi connectivity index (χ1n) is 5.09. The zero-order chi connectivity index (χ0) is 14.2. The number of hydrogen-bond donors (Lipinski definition) is 0. The summed E-state index contributed by atoms with van der Waals surface area (Å²) in [4.78, 5) is 0. The molecule has 0 heterocycles. The van der Waals surface area contributed by atoms with Crippen LogP contribution in [-0.2, 0) is 19.7 Å². The monoisotopic (exact) mass is 358 g/mol. The second-order valence-electron chi connectivity index (χ2n) is 2.66. The highest BCUT2D eigenvalue weighted by Crippen LogP contribution is 2.07.